The maximum atomic E-state index is 11.9. The summed E-state index contributed by atoms with van der Waals surface area (Å²) < 4.78 is 0. The molecule has 1 atom stereocenters. The van der Waals surface area contributed by atoms with E-state index in [1.165, 1.54) is 6.07 Å². The topological polar surface area (TPSA) is 101 Å². The Balaban J connectivity index is 2.93. The average Bonchev–Trinajstić information content (AvgIpc) is 2.38. The van der Waals surface area contributed by atoms with E-state index in [1.807, 2.05) is 6.92 Å². The van der Waals surface area contributed by atoms with E-state index < -0.39 is 11.9 Å². The Kier molecular flexibility index (Phi) is 4.74. The predicted molar refractivity (Wildman–Crippen MR) is 75.8 cm³/mol. The van der Waals surface area contributed by atoms with Crippen LogP contribution in [-0.2, 0) is 4.79 Å². The maximum absolute atomic E-state index is 11.9. The molecule has 0 fully saturated rings. The molecule has 0 bridgehead atoms. The zero-order valence-electron chi connectivity index (χ0n) is 11.4. The number of carbonyl (C=O) groups is 2. The second-order valence-electron chi connectivity index (χ2n) is 4.39. The SMILES string of the molecule is CCN(C)C(=O)C(C)Nc1ccc(N)cc1C(N)=O. The molecule has 2 amide bonds. The quantitative estimate of drug-likeness (QED) is 0.679. The lowest BCUT2D eigenvalue weighted by atomic mass is 10.1. The highest BCUT2D eigenvalue weighted by Crippen LogP contribution is 2.19. The van der Waals surface area contributed by atoms with Crippen LogP contribution in [0, 0.1) is 0 Å². The molecule has 1 aromatic carbocycles. The van der Waals surface area contributed by atoms with Crippen LogP contribution in [0.5, 0.6) is 0 Å². The van der Waals surface area contributed by atoms with Gasteiger partial charge in [-0.1, -0.05) is 0 Å². The van der Waals surface area contributed by atoms with Crippen molar-refractivity contribution in [2.45, 2.75) is 19.9 Å². The number of hydrogen-bond acceptors (Lipinski definition) is 4. The van der Waals surface area contributed by atoms with Gasteiger partial charge in [0.15, 0.2) is 0 Å². The van der Waals surface area contributed by atoms with E-state index in [0.29, 0.717) is 17.9 Å². The zero-order chi connectivity index (χ0) is 14.6. The number of likely N-dealkylation sites (N-methyl/N-ethyl adjacent to an activating group) is 1. The molecule has 0 heterocycles. The number of nitrogen functional groups attached to an aromatic ring is 1. The normalized spacial score (nSPS) is 11.7. The molecule has 0 aliphatic rings. The lowest BCUT2D eigenvalue weighted by Gasteiger charge is -2.22. The van der Waals surface area contributed by atoms with Crippen LogP contribution in [0.3, 0.4) is 0 Å². The van der Waals surface area contributed by atoms with Gasteiger partial charge >= 0.3 is 0 Å². The summed E-state index contributed by atoms with van der Waals surface area (Å²) in [5.74, 6) is -0.645. The van der Waals surface area contributed by atoms with Gasteiger partial charge < -0.3 is 21.7 Å². The second-order valence-corrected chi connectivity index (χ2v) is 4.39. The first kappa shape index (κ1) is 14.8. The van der Waals surface area contributed by atoms with E-state index in [4.69, 9.17) is 11.5 Å². The summed E-state index contributed by atoms with van der Waals surface area (Å²) in [7, 11) is 1.72. The van der Waals surface area contributed by atoms with Crippen molar-refractivity contribution in [2.24, 2.45) is 5.73 Å². The summed E-state index contributed by atoms with van der Waals surface area (Å²) in [5, 5.41) is 2.99. The first-order valence-electron chi connectivity index (χ1n) is 6.07. The number of nitrogens with one attached hydrogen (secondary N) is 1. The summed E-state index contributed by atoms with van der Waals surface area (Å²) in [6.07, 6.45) is 0. The van der Waals surface area contributed by atoms with Crippen LogP contribution in [0.2, 0.25) is 0 Å². The monoisotopic (exact) mass is 264 g/mol. The van der Waals surface area contributed by atoms with Gasteiger partial charge in [-0.25, -0.2) is 0 Å². The Morgan fingerprint density at radius 3 is 2.58 bits per heavy atom. The van der Waals surface area contributed by atoms with Crippen molar-refractivity contribution in [3.05, 3.63) is 23.8 Å². The Bertz CT molecular complexity index is 488. The number of nitrogens with zero attached hydrogens (tertiary/aromatic N) is 1. The van der Waals surface area contributed by atoms with Crippen molar-refractivity contribution in [2.75, 3.05) is 24.6 Å². The smallest absolute Gasteiger partial charge is 0.250 e. The number of rotatable bonds is 5. The minimum absolute atomic E-state index is 0.0604. The third-order valence-corrected chi connectivity index (χ3v) is 2.90. The van der Waals surface area contributed by atoms with Crippen LogP contribution in [-0.4, -0.2) is 36.3 Å². The highest BCUT2D eigenvalue weighted by Gasteiger charge is 2.18. The van der Waals surface area contributed by atoms with Crippen LogP contribution in [0.4, 0.5) is 11.4 Å². The number of nitrogens with two attached hydrogens (primary N) is 2. The van der Waals surface area contributed by atoms with Crippen LogP contribution < -0.4 is 16.8 Å². The van der Waals surface area contributed by atoms with Crippen molar-refractivity contribution >= 4 is 23.2 Å². The molecule has 104 valence electrons. The fourth-order valence-electron chi connectivity index (χ4n) is 1.67. The first-order valence-corrected chi connectivity index (χ1v) is 6.07. The third-order valence-electron chi connectivity index (χ3n) is 2.90. The maximum Gasteiger partial charge on any atom is 0.250 e. The van der Waals surface area contributed by atoms with E-state index in [-0.39, 0.29) is 11.5 Å². The molecule has 0 aliphatic heterocycles. The van der Waals surface area contributed by atoms with Gasteiger partial charge in [-0.3, -0.25) is 9.59 Å². The second kappa shape index (κ2) is 6.08. The van der Waals surface area contributed by atoms with Crippen molar-refractivity contribution in [1.82, 2.24) is 4.90 Å². The van der Waals surface area contributed by atoms with Crippen molar-refractivity contribution in [3.8, 4) is 0 Å². The molecule has 19 heavy (non-hydrogen) atoms. The molecule has 1 aromatic rings. The average molecular weight is 264 g/mol. The van der Waals surface area contributed by atoms with Crippen LogP contribution >= 0.6 is 0 Å². The lowest BCUT2D eigenvalue weighted by Crippen LogP contribution is -2.39. The molecule has 0 saturated carbocycles. The minimum atomic E-state index is -0.585. The summed E-state index contributed by atoms with van der Waals surface area (Å²) >= 11 is 0. The summed E-state index contributed by atoms with van der Waals surface area (Å²) in [6, 6.07) is 4.33. The number of hydrogen-bond donors (Lipinski definition) is 3. The summed E-state index contributed by atoms with van der Waals surface area (Å²) in [6.45, 7) is 4.24. The fourth-order valence-corrected chi connectivity index (χ4v) is 1.67. The van der Waals surface area contributed by atoms with Crippen LogP contribution in [0.15, 0.2) is 18.2 Å². The predicted octanol–water partition coefficient (Wildman–Crippen LogP) is 0.646. The molecule has 5 N–H and O–H groups in total. The lowest BCUT2D eigenvalue weighted by molar-refractivity contribution is -0.130. The Labute approximate surface area is 112 Å². The zero-order valence-corrected chi connectivity index (χ0v) is 11.4. The van der Waals surface area contributed by atoms with Gasteiger partial charge in [0.1, 0.15) is 6.04 Å². The minimum Gasteiger partial charge on any atom is -0.399 e. The molecule has 0 spiro atoms. The van der Waals surface area contributed by atoms with Crippen LogP contribution in [0.25, 0.3) is 0 Å². The van der Waals surface area contributed by atoms with Gasteiger partial charge in [-0.2, -0.15) is 0 Å². The van der Waals surface area contributed by atoms with Gasteiger partial charge in [0.25, 0.3) is 5.91 Å². The van der Waals surface area contributed by atoms with E-state index in [9.17, 15) is 9.59 Å². The van der Waals surface area contributed by atoms with Crippen molar-refractivity contribution in [1.29, 1.82) is 0 Å². The van der Waals surface area contributed by atoms with Crippen molar-refractivity contribution in [3.63, 3.8) is 0 Å². The molecule has 0 aromatic heterocycles. The number of carbonyl (C=O) groups excluding carboxylic acids is 2. The molecular formula is C13H20N4O2. The van der Waals surface area contributed by atoms with E-state index in [2.05, 4.69) is 5.32 Å². The highest BCUT2D eigenvalue weighted by molar-refractivity contribution is 6.00. The number of primary amides is 1. The van der Waals surface area contributed by atoms with Gasteiger partial charge in [0.2, 0.25) is 5.91 Å². The van der Waals surface area contributed by atoms with Crippen LogP contribution in [0.1, 0.15) is 24.2 Å². The number of amides is 2. The first-order chi connectivity index (χ1) is 8.86. The fraction of sp³-hybridized carbons (Fsp3) is 0.385. The molecule has 1 rings (SSSR count). The molecule has 1 unspecified atom stereocenters. The van der Waals surface area contributed by atoms with Gasteiger partial charge in [0.05, 0.1) is 5.56 Å². The van der Waals surface area contributed by atoms with Gasteiger partial charge in [0, 0.05) is 25.0 Å². The van der Waals surface area contributed by atoms with Gasteiger partial charge in [-0.05, 0) is 32.0 Å². The van der Waals surface area contributed by atoms with E-state index in [1.54, 1.807) is 31.0 Å². The summed E-state index contributed by atoms with van der Waals surface area (Å²) in [4.78, 5) is 24.9. The molecule has 0 saturated heterocycles. The number of anilines is 2. The Hall–Kier alpha value is -2.24. The largest absolute Gasteiger partial charge is 0.399 e. The Morgan fingerprint density at radius 2 is 2.05 bits per heavy atom. The Morgan fingerprint density at radius 1 is 1.42 bits per heavy atom. The summed E-state index contributed by atoms with van der Waals surface area (Å²) in [5.41, 5.74) is 12.1. The highest BCUT2D eigenvalue weighted by atomic mass is 16.2. The number of benzene rings is 1. The molecule has 0 aliphatic carbocycles. The van der Waals surface area contributed by atoms with Gasteiger partial charge in [-0.15, -0.1) is 0 Å². The molecule has 0 radical (unpaired) electrons. The molecule has 6 nitrogen and oxygen atoms in total. The standard InChI is InChI=1S/C13H20N4O2/c1-4-17(3)13(19)8(2)16-11-6-5-9(14)7-10(11)12(15)18/h5-8,16H,4,14H2,1-3H3,(H2,15,18). The van der Waals surface area contributed by atoms with E-state index in [0.717, 1.165) is 0 Å². The van der Waals surface area contributed by atoms with E-state index >= 15 is 0 Å². The third kappa shape index (κ3) is 3.61. The molecular weight excluding hydrogens is 244 g/mol. The van der Waals surface area contributed by atoms with Crippen molar-refractivity contribution < 1.29 is 9.59 Å². The molecule has 6 heteroatoms.